The van der Waals surface area contributed by atoms with E-state index in [2.05, 4.69) is 10.2 Å². The molecule has 4 rings (SSSR count). The number of thiophene rings is 1. The second-order valence-corrected chi connectivity index (χ2v) is 9.35. The van der Waals surface area contributed by atoms with E-state index in [4.69, 9.17) is 23.2 Å². The second-order valence-electron chi connectivity index (χ2n) is 7.46. The molecule has 0 aliphatic carbocycles. The summed E-state index contributed by atoms with van der Waals surface area (Å²) in [6.07, 6.45) is 0. The first kappa shape index (κ1) is 22.6. The molecule has 0 saturated carbocycles. The summed E-state index contributed by atoms with van der Waals surface area (Å²) >= 11 is 13.2. The molecule has 1 aliphatic rings. The lowest BCUT2D eigenvalue weighted by Crippen LogP contribution is -2.48. The molecule has 2 heterocycles. The van der Waals surface area contributed by atoms with E-state index in [1.54, 1.807) is 6.07 Å². The number of nitrogens with one attached hydrogen (secondary N) is 1. The maximum atomic E-state index is 13.2. The van der Waals surface area contributed by atoms with Gasteiger partial charge in [0.15, 0.2) is 0 Å². The minimum Gasteiger partial charge on any atom is -0.368 e. The number of piperazine rings is 1. The van der Waals surface area contributed by atoms with Crippen LogP contribution in [0.4, 0.5) is 15.1 Å². The van der Waals surface area contributed by atoms with E-state index in [-0.39, 0.29) is 16.5 Å². The molecule has 2 aromatic carbocycles. The minimum absolute atomic E-state index is 0.0330. The van der Waals surface area contributed by atoms with Crippen LogP contribution in [0.5, 0.6) is 0 Å². The van der Waals surface area contributed by atoms with E-state index < -0.39 is 11.7 Å². The Labute approximate surface area is 199 Å². The van der Waals surface area contributed by atoms with Crippen molar-refractivity contribution in [3.63, 3.8) is 0 Å². The molecule has 0 atom stereocenters. The lowest BCUT2D eigenvalue weighted by Gasteiger charge is -2.36. The van der Waals surface area contributed by atoms with E-state index in [0.29, 0.717) is 28.0 Å². The Balaban J connectivity index is 1.41. The van der Waals surface area contributed by atoms with Gasteiger partial charge in [0.2, 0.25) is 0 Å². The summed E-state index contributed by atoms with van der Waals surface area (Å²) in [6, 6.07) is 13.0. The van der Waals surface area contributed by atoms with Gasteiger partial charge in [0.05, 0.1) is 20.5 Å². The fraction of sp³-hybridized carbons (Fsp3) is 0.217. The van der Waals surface area contributed by atoms with E-state index in [9.17, 15) is 14.0 Å². The fourth-order valence-corrected chi connectivity index (χ4v) is 4.99. The van der Waals surface area contributed by atoms with Crippen LogP contribution in [0.15, 0.2) is 48.5 Å². The van der Waals surface area contributed by atoms with Crippen molar-refractivity contribution in [2.24, 2.45) is 0 Å². The number of nitrogens with zero attached hydrogens (tertiary/aromatic N) is 2. The lowest BCUT2D eigenvalue weighted by molar-refractivity contribution is 0.0751. The Kier molecular flexibility index (Phi) is 6.69. The van der Waals surface area contributed by atoms with Gasteiger partial charge in [-0.15, -0.1) is 11.3 Å². The number of anilines is 2. The summed E-state index contributed by atoms with van der Waals surface area (Å²) < 4.78 is 13.2. The van der Waals surface area contributed by atoms with Crippen LogP contribution in [-0.2, 0) is 0 Å². The first-order chi connectivity index (χ1) is 15.3. The number of hydrogen-bond donors (Lipinski definition) is 1. The van der Waals surface area contributed by atoms with Gasteiger partial charge in [-0.1, -0.05) is 23.2 Å². The summed E-state index contributed by atoms with van der Waals surface area (Å²) in [7, 11) is 0. The van der Waals surface area contributed by atoms with Crippen molar-refractivity contribution in [3.8, 4) is 0 Å². The molecule has 3 aromatic rings. The summed E-state index contributed by atoms with van der Waals surface area (Å²) in [5, 5.41) is 4.02. The van der Waals surface area contributed by atoms with Crippen molar-refractivity contribution >= 4 is 57.0 Å². The highest BCUT2D eigenvalue weighted by molar-refractivity contribution is 7.18. The third-order valence-corrected chi connectivity index (χ3v) is 6.99. The highest BCUT2D eigenvalue weighted by Crippen LogP contribution is 2.30. The molecule has 0 spiro atoms. The summed E-state index contributed by atoms with van der Waals surface area (Å²) in [5.41, 5.74) is 2.05. The van der Waals surface area contributed by atoms with Gasteiger partial charge in [-0.2, -0.15) is 0 Å². The van der Waals surface area contributed by atoms with Gasteiger partial charge >= 0.3 is 0 Å². The molecule has 0 bridgehead atoms. The van der Waals surface area contributed by atoms with Gasteiger partial charge in [0.1, 0.15) is 5.82 Å². The monoisotopic (exact) mass is 491 g/mol. The third kappa shape index (κ3) is 4.90. The Bertz CT molecular complexity index is 1160. The van der Waals surface area contributed by atoms with Crippen LogP contribution in [0.3, 0.4) is 0 Å². The van der Waals surface area contributed by atoms with E-state index in [1.165, 1.54) is 23.5 Å². The van der Waals surface area contributed by atoms with Crippen LogP contribution in [0.25, 0.3) is 0 Å². The Hall–Kier alpha value is -2.61. The standard InChI is InChI=1S/C23H20Cl2FN3O2S/c1-14-12-20(27-22(30)18-7-4-16(26)13-19(18)25)32-21(14)23(31)29-10-8-28(9-11-29)17-5-2-15(24)3-6-17/h2-7,12-13H,8-11H2,1H3,(H,27,30). The number of amides is 2. The molecular weight excluding hydrogens is 472 g/mol. The first-order valence-electron chi connectivity index (χ1n) is 9.98. The predicted molar refractivity (Wildman–Crippen MR) is 128 cm³/mol. The van der Waals surface area contributed by atoms with Crippen LogP contribution in [0.2, 0.25) is 10.0 Å². The van der Waals surface area contributed by atoms with Crippen molar-refractivity contribution in [2.75, 3.05) is 36.4 Å². The molecule has 166 valence electrons. The maximum Gasteiger partial charge on any atom is 0.264 e. The zero-order chi connectivity index (χ0) is 22.8. The molecule has 9 heteroatoms. The average molecular weight is 492 g/mol. The Morgan fingerprint density at radius 3 is 2.34 bits per heavy atom. The van der Waals surface area contributed by atoms with Crippen LogP contribution < -0.4 is 10.2 Å². The molecule has 1 aromatic heterocycles. The first-order valence-corrected chi connectivity index (χ1v) is 11.6. The quantitative estimate of drug-likeness (QED) is 0.507. The molecule has 1 N–H and O–H groups in total. The van der Waals surface area contributed by atoms with Crippen LogP contribution in [0, 0.1) is 12.7 Å². The van der Waals surface area contributed by atoms with Crippen molar-refractivity contribution in [3.05, 3.63) is 80.4 Å². The summed E-state index contributed by atoms with van der Waals surface area (Å²) in [4.78, 5) is 30.2. The molecule has 1 fully saturated rings. The number of hydrogen-bond acceptors (Lipinski definition) is 4. The molecule has 2 amide bonds. The van der Waals surface area contributed by atoms with Crippen molar-refractivity contribution in [1.29, 1.82) is 0 Å². The van der Waals surface area contributed by atoms with Crippen LogP contribution in [-0.4, -0.2) is 42.9 Å². The Morgan fingerprint density at radius 1 is 1.00 bits per heavy atom. The molecule has 32 heavy (non-hydrogen) atoms. The fourth-order valence-electron chi connectivity index (χ4n) is 3.57. The number of carbonyl (C=O) groups excluding carboxylic acids is 2. The van der Waals surface area contributed by atoms with Crippen molar-refractivity contribution < 1.29 is 14.0 Å². The maximum absolute atomic E-state index is 13.2. The second kappa shape index (κ2) is 9.48. The zero-order valence-electron chi connectivity index (χ0n) is 17.2. The molecular formula is C23H20Cl2FN3O2S. The molecule has 1 aliphatic heterocycles. The van der Waals surface area contributed by atoms with Crippen molar-refractivity contribution in [2.45, 2.75) is 6.92 Å². The normalized spacial score (nSPS) is 13.9. The van der Waals surface area contributed by atoms with Gasteiger partial charge in [-0.05, 0) is 61.0 Å². The smallest absolute Gasteiger partial charge is 0.264 e. The van der Waals surface area contributed by atoms with E-state index >= 15 is 0 Å². The van der Waals surface area contributed by atoms with E-state index in [0.717, 1.165) is 30.4 Å². The number of aryl methyl sites for hydroxylation is 1. The SMILES string of the molecule is Cc1cc(NC(=O)c2ccc(F)cc2Cl)sc1C(=O)N1CCN(c2ccc(Cl)cc2)CC1. The van der Waals surface area contributed by atoms with Gasteiger partial charge in [0, 0.05) is 36.9 Å². The van der Waals surface area contributed by atoms with E-state index in [1.807, 2.05) is 36.1 Å². The number of halogens is 3. The van der Waals surface area contributed by atoms with Gasteiger partial charge in [-0.3, -0.25) is 9.59 Å². The van der Waals surface area contributed by atoms with Gasteiger partial charge in [0.25, 0.3) is 11.8 Å². The summed E-state index contributed by atoms with van der Waals surface area (Å²) in [6.45, 7) is 4.50. The number of benzene rings is 2. The molecule has 1 saturated heterocycles. The average Bonchev–Trinajstić information content (AvgIpc) is 3.13. The topological polar surface area (TPSA) is 52.7 Å². The highest BCUT2D eigenvalue weighted by Gasteiger charge is 2.25. The van der Waals surface area contributed by atoms with Gasteiger partial charge < -0.3 is 15.1 Å². The molecule has 0 radical (unpaired) electrons. The lowest BCUT2D eigenvalue weighted by atomic mass is 10.2. The molecule has 0 unspecified atom stereocenters. The largest absolute Gasteiger partial charge is 0.368 e. The van der Waals surface area contributed by atoms with Crippen LogP contribution >= 0.6 is 34.5 Å². The highest BCUT2D eigenvalue weighted by atomic mass is 35.5. The third-order valence-electron chi connectivity index (χ3n) is 5.28. The zero-order valence-corrected chi connectivity index (χ0v) is 19.5. The van der Waals surface area contributed by atoms with Crippen molar-refractivity contribution in [1.82, 2.24) is 4.90 Å². The number of rotatable bonds is 4. The summed E-state index contributed by atoms with van der Waals surface area (Å²) in [5.74, 6) is -1.02. The minimum atomic E-state index is -0.512. The predicted octanol–water partition coefficient (Wildman–Crippen LogP) is 5.72. The number of carbonyl (C=O) groups is 2. The van der Waals surface area contributed by atoms with Gasteiger partial charge in [-0.25, -0.2) is 4.39 Å². The Morgan fingerprint density at radius 2 is 1.69 bits per heavy atom. The van der Waals surface area contributed by atoms with Crippen LogP contribution in [0.1, 0.15) is 25.6 Å². The molecule has 5 nitrogen and oxygen atoms in total.